The second kappa shape index (κ2) is 5.29. The highest BCUT2D eigenvalue weighted by Gasteiger charge is 2.25. The van der Waals surface area contributed by atoms with E-state index in [2.05, 4.69) is 12.2 Å². The third kappa shape index (κ3) is 2.58. The van der Waals surface area contributed by atoms with Gasteiger partial charge in [-0.2, -0.15) is 0 Å². The molecule has 0 saturated heterocycles. The van der Waals surface area contributed by atoms with Gasteiger partial charge in [-0.25, -0.2) is 0 Å². The molecule has 18 heavy (non-hydrogen) atoms. The molecule has 2 rings (SSSR count). The molecule has 0 aromatic heterocycles. The molecule has 1 aromatic carbocycles. The number of carbonyl (C=O) groups excluding carboxylic acids is 1. The number of nitrogens with two attached hydrogens (primary N) is 1. The summed E-state index contributed by atoms with van der Waals surface area (Å²) in [5.74, 6) is 1.05. The van der Waals surface area contributed by atoms with E-state index in [0.717, 1.165) is 6.42 Å². The van der Waals surface area contributed by atoms with Crippen LogP contribution in [0.4, 0.5) is 5.69 Å². The fourth-order valence-electron chi connectivity index (χ4n) is 2.46. The van der Waals surface area contributed by atoms with E-state index in [1.807, 2.05) is 0 Å². The minimum atomic E-state index is -0.0490. The normalized spacial score (nSPS) is 22.8. The van der Waals surface area contributed by atoms with Crippen molar-refractivity contribution in [1.29, 1.82) is 0 Å². The van der Waals surface area contributed by atoms with Crippen molar-refractivity contribution in [3.63, 3.8) is 0 Å². The molecular weight excluding hydrogens is 228 g/mol. The van der Waals surface area contributed by atoms with Gasteiger partial charge in [-0.05, 0) is 37.0 Å². The summed E-state index contributed by atoms with van der Waals surface area (Å²) in [4.78, 5) is 12.1. The van der Waals surface area contributed by atoms with Crippen LogP contribution in [0.5, 0.6) is 5.75 Å². The largest absolute Gasteiger partial charge is 0.495 e. The van der Waals surface area contributed by atoms with E-state index < -0.39 is 0 Å². The SMILES string of the molecule is COc1cc(C(=O)NC2CCCC2C)ccc1N. The zero-order valence-corrected chi connectivity index (χ0v) is 10.9. The quantitative estimate of drug-likeness (QED) is 0.806. The molecule has 2 unspecified atom stereocenters. The summed E-state index contributed by atoms with van der Waals surface area (Å²) in [6, 6.07) is 5.41. The number of carbonyl (C=O) groups is 1. The molecule has 1 fully saturated rings. The van der Waals surface area contributed by atoms with Crippen LogP contribution in [0.1, 0.15) is 36.5 Å². The van der Waals surface area contributed by atoms with Gasteiger partial charge in [0.05, 0.1) is 12.8 Å². The Labute approximate surface area is 108 Å². The van der Waals surface area contributed by atoms with Gasteiger partial charge >= 0.3 is 0 Å². The van der Waals surface area contributed by atoms with Crippen LogP contribution < -0.4 is 15.8 Å². The van der Waals surface area contributed by atoms with Crippen molar-refractivity contribution in [2.45, 2.75) is 32.2 Å². The number of nitrogen functional groups attached to an aromatic ring is 1. The van der Waals surface area contributed by atoms with E-state index in [9.17, 15) is 4.79 Å². The highest BCUT2D eigenvalue weighted by atomic mass is 16.5. The Morgan fingerprint density at radius 3 is 2.83 bits per heavy atom. The molecule has 1 aliphatic carbocycles. The number of methoxy groups -OCH3 is 1. The fourth-order valence-corrected chi connectivity index (χ4v) is 2.46. The number of amides is 1. The lowest BCUT2D eigenvalue weighted by Crippen LogP contribution is -2.36. The van der Waals surface area contributed by atoms with Crippen molar-refractivity contribution in [3.8, 4) is 5.75 Å². The fraction of sp³-hybridized carbons (Fsp3) is 0.500. The predicted octanol–water partition coefficient (Wildman–Crippen LogP) is 2.20. The Bertz CT molecular complexity index is 445. The monoisotopic (exact) mass is 248 g/mol. The molecule has 1 aromatic rings. The zero-order chi connectivity index (χ0) is 13.1. The maximum Gasteiger partial charge on any atom is 0.251 e. The van der Waals surface area contributed by atoms with E-state index in [-0.39, 0.29) is 5.91 Å². The third-order valence-corrected chi connectivity index (χ3v) is 3.67. The maximum atomic E-state index is 12.1. The molecule has 2 atom stereocenters. The first-order chi connectivity index (χ1) is 8.61. The van der Waals surface area contributed by atoms with Gasteiger partial charge in [0.2, 0.25) is 0 Å². The van der Waals surface area contributed by atoms with Gasteiger partial charge in [0.1, 0.15) is 5.75 Å². The summed E-state index contributed by atoms with van der Waals surface area (Å²) >= 11 is 0. The number of hydrogen-bond donors (Lipinski definition) is 2. The average Bonchev–Trinajstić information content (AvgIpc) is 2.75. The van der Waals surface area contributed by atoms with E-state index in [0.29, 0.717) is 29.0 Å². The molecule has 0 radical (unpaired) electrons. The van der Waals surface area contributed by atoms with Crippen LogP contribution in [0, 0.1) is 5.92 Å². The number of anilines is 1. The third-order valence-electron chi connectivity index (χ3n) is 3.67. The molecule has 4 heteroatoms. The second-order valence-corrected chi connectivity index (χ2v) is 4.94. The molecule has 0 bridgehead atoms. The molecule has 3 N–H and O–H groups in total. The Balaban J connectivity index is 2.09. The first-order valence-electron chi connectivity index (χ1n) is 6.36. The Hall–Kier alpha value is -1.71. The molecule has 1 saturated carbocycles. The lowest BCUT2D eigenvalue weighted by molar-refractivity contribution is 0.0929. The molecule has 0 aliphatic heterocycles. The smallest absolute Gasteiger partial charge is 0.251 e. The van der Waals surface area contributed by atoms with Gasteiger partial charge in [-0.3, -0.25) is 4.79 Å². The van der Waals surface area contributed by atoms with Crippen LogP contribution >= 0.6 is 0 Å². The minimum absolute atomic E-state index is 0.0490. The predicted molar refractivity (Wildman–Crippen MR) is 71.7 cm³/mol. The van der Waals surface area contributed by atoms with E-state index in [4.69, 9.17) is 10.5 Å². The lowest BCUT2D eigenvalue weighted by Gasteiger charge is -2.17. The highest BCUT2D eigenvalue weighted by Crippen LogP contribution is 2.26. The summed E-state index contributed by atoms with van der Waals surface area (Å²) in [5.41, 5.74) is 6.87. The summed E-state index contributed by atoms with van der Waals surface area (Å²) in [5, 5.41) is 3.08. The van der Waals surface area contributed by atoms with Crippen molar-refractivity contribution in [1.82, 2.24) is 5.32 Å². The molecule has 0 spiro atoms. The number of rotatable bonds is 3. The van der Waals surface area contributed by atoms with Gasteiger partial charge < -0.3 is 15.8 Å². The van der Waals surface area contributed by atoms with Gasteiger partial charge in [0, 0.05) is 11.6 Å². The minimum Gasteiger partial charge on any atom is -0.495 e. The standard InChI is InChI=1S/C14H20N2O2/c1-9-4-3-5-12(9)16-14(17)10-6-7-11(15)13(8-10)18-2/h6-9,12H,3-5,15H2,1-2H3,(H,16,17). The Morgan fingerprint density at radius 2 is 2.22 bits per heavy atom. The van der Waals surface area contributed by atoms with Crippen LogP contribution in [0.15, 0.2) is 18.2 Å². The maximum absolute atomic E-state index is 12.1. The molecular formula is C14H20N2O2. The van der Waals surface area contributed by atoms with Crippen LogP contribution in [-0.4, -0.2) is 19.1 Å². The topological polar surface area (TPSA) is 64.3 Å². The van der Waals surface area contributed by atoms with Crippen LogP contribution in [-0.2, 0) is 0 Å². The first kappa shape index (κ1) is 12.7. The van der Waals surface area contributed by atoms with Crippen molar-refractivity contribution in [2.24, 2.45) is 5.92 Å². The second-order valence-electron chi connectivity index (χ2n) is 4.94. The molecule has 4 nitrogen and oxygen atoms in total. The zero-order valence-electron chi connectivity index (χ0n) is 10.9. The van der Waals surface area contributed by atoms with Gasteiger partial charge in [-0.1, -0.05) is 13.3 Å². The van der Waals surface area contributed by atoms with Crippen molar-refractivity contribution < 1.29 is 9.53 Å². The summed E-state index contributed by atoms with van der Waals surface area (Å²) in [6.45, 7) is 2.18. The van der Waals surface area contributed by atoms with Crippen LogP contribution in [0.25, 0.3) is 0 Å². The highest BCUT2D eigenvalue weighted by molar-refractivity contribution is 5.95. The van der Waals surface area contributed by atoms with Gasteiger partial charge in [-0.15, -0.1) is 0 Å². The van der Waals surface area contributed by atoms with Crippen LogP contribution in [0.2, 0.25) is 0 Å². The summed E-state index contributed by atoms with van der Waals surface area (Å²) in [7, 11) is 1.55. The summed E-state index contributed by atoms with van der Waals surface area (Å²) < 4.78 is 5.12. The van der Waals surface area contributed by atoms with E-state index >= 15 is 0 Å². The van der Waals surface area contributed by atoms with E-state index in [1.54, 1.807) is 25.3 Å². The molecule has 0 heterocycles. The molecule has 1 aliphatic rings. The molecule has 98 valence electrons. The van der Waals surface area contributed by atoms with Gasteiger partial charge in [0.15, 0.2) is 0 Å². The average molecular weight is 248 g/mol. The number of hydrogen-bond acceptors (Lipinski definition) is 3. The first-order valence-corrected chi connectivity index (χ1v) is 6.36. The molecule has 1 amide bonds. The summed E-state index contributed by atoms with van der Waals surface area (Å²) in [6.07, 6.45) is 3.45. The number of nitrogens with one attached hydrogen (secondary N) is 1. The van der Waals surface area contributed by atoms with Gasteiger partial charge in [0.25, 0.3) is 5.91 Å². The number of ether oxygens (including phenoxy) is 1. The Morgan fingerprint density at radius 1 is 1.44 bits per heavy atom. The Kier molecular flexibility index (Phi) is 3.75. The van der Waals surface area contributed by atoms with Crippen molar-refractivity contribution in [2.75, 3.05) is 12.8 Å². The van der Waals surface area contributed by atoms with Crippen molar-refractivity contribution in [3.05, 3.63) is 23.8 Å². The lowest BCUT2D eigenvalue weighted by atomic mass is 10.1. The van der Waals surface area contributed by atoms with E-state index in [1.165, 1.54) is 12.8 Å². The number of benzene rings is 1. The van der Waals surface area contributed by atoms with Crippen molar-refractivity contribution >= 4 is 11.6 Å². The van der Waals surface area contributed by atoms with Crippen LogP contribution in [0.3, 0.4) is 0 Å².